The average molecular weight is 353 g/mol. The van der Waals surface area contributed by atoms with Crippen LogP contribution in [0, 0.1) is 0 Å². The molecule has 138 valence electrons. The summed E-state index contributed by atoms with van der Waals surface area (Å²) < 4.78 is 5.09. The van der Waals surface area contributed by atoms with Gasteiger partial charge in [-0.05, 0) is 38.5 Å². The van der Waals surface area contributed by atoms with Crippen molar-refractivity contribution in [3.05, 3.63) is 36.5 Å². The van der Waals surface area contributed by atoms with Crippen LogP contribution in [-0.2, 0) is 9.53 Å². The van der Waals surface area contributed by atoms with E-state index in [1.165, 1.54) is 19.3 Å². The Morgan fingerprint density at radius 2 is 1.50 bits per heavy atom. The molecule has 24 heavy (non-hydrogen) atoms. The molecule has 0 N–H and O–H groups in total. The van der Waals surface area contributed by atoms with E-state index in [9.17, 15) is 4.79 Å². The Bertz CT molecular complexity index is 370. The van der Waals surface area contributed by atoms with Crippen molar-refractivity contribution in [2.75, 3.05) is 6.61 Å². The van der Waals surface area contributed by atoms with Gasteiger partial charge in [-0.1, -0.05) is 69.6 Å². The smallest absolute Gasteiger partial charge is 0.305 e. The van der Waals surface area contributed by atoms with Crippen LogP contribution in [0.3, 0.4) is 0 Å². The minimum absolute atomic E-state index is 0.0860. The molecule has 2 nitrogen and oxygen atoms in total. The van der Waals surface area contributed by atoms with Crippen LogP contribution < -0.4 is 0 Å². The Labute approximate surface area is 154 Å². The molecule has 1 atom stereocenters. The van der Waals surface area contributed by atoms with Crippen molar-refractivity contribution in [2.24, 2.45) is 0 Å². The minimum atomic E-state index is -0.0860. The molecule has 3 heteroatoms. The van der Waals surface area contributed by atoms with Crippen LogP contribution in [0.25, 0.3) is 0 Å². The Kier molecular flexibility index (Phi) is 17.6. The van der Waals surface area contributed by atoms with Crippen molar-refractivity contribution in [2.45, 2.75) is 83.3 Å². The summed E-state index contributed by atoms with van der Waals surface area (Å²) in [5.74, 6) is -0.0860. The summed E-state index contributed by atoms with van der Waals surface area (Å²) in [6, 6.07) is 0. The van der Waals surface area contributed by atoms with Crippen molar-refractivity contribution in [1.29, 1.82) is 0 Å². The number of hydrogen-bond donors (Lipinski definition) is 1. The molecular weight excluding hydrogens is 316 g/mol. The number of hydrogen-bond acceptors (Lipinski definition) is 3. The Morgan fingerprint density at radius 1 is 0.917 bits per heavy atom. The molecule has 0 saturated heterocycles. The van der Waals surface area contributed by atoms with Crippen molar-refractivity contribution in [3.8, 4) is 0 Å². The van der Waals surface area contributed by atoms with Gasteiger partial charge >= 0.3 is 5.97 Å². The number of allylic oxidation sites excluding steroid dienone is 6. The number of carbonyl (C=O) groups is 1. The van der Waals surface area contributed by atoms with E-state index in [4.69, 9.17) is 4.74 Å². The van der Waals surface area contributed by atoms with Crippen LogP contribution in [0.4, 0.5) is 0 Å². The molecular formula is C21H36O2S. The van der Waals surface area contributed by atoms with E-state index in [1.807, 2.05) is 6.92 Å². The number of esters is 1. The fourth-order valence-electron chi connectivity index (χ4n) is 2.17. The van der Waals surface area contributed by atoms with Crippen LogP contribution in [0.15, 0.2) is 36.5 Å². The van der Waals surface area contributed by atoms with Crippen molar-refractivity contribution < 1.29 is 9.53 Å². The molecule has 1 unspecified atom stereocenters. The zero-order chi connectivity index (χ0) is 17.9. The van der Waals surface area contributed by atoms with Crippen LogP contribution in [-0.4, -0.2) is 17.8 Å². The molecule has 0 aromatic carbocycles. The molecule has 0 aromatic heterocycles. The summed E-state index contributed by atoms with van der Waals surface area (Å²) in [5.41, 5.74) is 0. The van der Waals surface area contributed by atoms with E-state index >= 15 is 0 Å². The maximum Gasteiger partial charge on any atom is 0.305 e. The quantitative estimate of drug-likeness (QED) is 0.159. The molecule has 0 amide bonds. The third kappa shape index (κ3) is 19.1. The van der Waals surface area contributed by atoms with Gasteiger partial charge in [-0.2, -0.15) is 12.6 Å². The van der Waals surface area contributed by atoms with E-state index < -0.39 is 0 Å². The average Bonchev–Trinajstić information content (AvgIpc) is 2.56. The zero-order valence-electron chi connectivity index (χ0n) is 15.6. The van der Waals surface area contributed by atoms with E-state index in [2.05, 4.69) is 56.0 Å². The first-order chi connectivity index (χ1) is 11.7. The molecule has 0 saturated carbocycles. The second kappa shape index (κ2) is 18.4. The highest BCUT2D eigenvalue weighted by Crippen LogP contribution is 2.09. The first-order valence-corrected chi connectivity index (χ1v) is 9.97. The van der Waals surface area contributed by atoms with E-state index in [0.29, 0.717) is 13.0 Å². The van der Waals surface area contributed by atoms with Gasteiger partial charge in [0.2, 0.25) is 0 Å². The summed E-state index contributed by atoms with van der Waals surface area (Å²) in [5, 5.41) is 0.121. The van der Waals surface area contributed by atoms with Gasteiger partial charge in [0, 0.05) is 11.7 Å². The topological polar surface area (TPSA) is 26.3 Å². The number of ether oxygens (including phenoxy) is 1. The van der Waals surface area contributed by atoms with Crippen LogP contribution in [0.5, 0.6) is 0 Å². The maximum absolute atomic E-state index is 11.4. The first kappa shape index (κ1) is 23.0. The van der Waals surface area contributed by atoms with Crippen LogP contribution >= 0.6 is 12.6 Å². The fraction of sp³-hybridized carbons (Fsp3) is 0.667. The van der Waals surface area contributed by atoms with Gasteiger partial charge < -0.3 is 4.74 Å². The van der Waals surface area contributed by atoms with Crippen LogP contribution in [0.2, 0.25) is 0 Å². The molecule has 0 bridgehead atoms. The summed E-state index contributed by atoms with van der Waals surface area (Å²) in [7, 11) is 0. The summed E-state index contributed by atoms with van der Waals surface area (Å²) in [6.07, 6.45) is 24.0. The second-order valence-electron chi connectivity index (χ2n) is 6.13. The summed E-state index contributed by atoms with van der Waals surface area (Å²) >= 11 is 4.18. The monoisotopic (exact) mass is 352 g/mol. The molecule has 0 radical (unpaired) electrons. The minimum Gasteiger partial charge on any atom is -0.465 e. The summed E-state index contributed by atoms with van der Waals surface area (Å²) in [6.45, 7) is 4.49. The predicted octanol–water partition coefficient (Wildman–Crippen LogP) is 6.44. The molecule has 0 aromatic rings. The standard InChI is InChI=1S/C21H36O2S/c1-3-4-5-6-7-8-9-10-11-12-13-14-15-16-17-18-21(22)23-19-20(2)24/h4-5,7-8,10-11,20,24H,3,6,9,12-19H2,1-2H3/b5-4+,8-7+,11-10+. The van der Waals surface area contributed by atoms with Gasteiger partial charge in [0.25, 0.3) is 0 Å². The van der Waals surface area contributed by atoms with Crippen molar-refractivity contribution >= 4 is 18.6 Å². The van der Waals surface area contributed by atoms with Gasteiger partial charge in [-0.25, -0.2) is 0 Å². The fourth-order valence-corrected chi connectivity index (χ4v) is 2.25. The number of rotatable bonds is 15. The van der Waals surface area contributed by atoms with Gasteiger partial charge in [-0.3, -0.25) is 4.79 Å². The van der Waals surface area contributed by atoms with Gasteiger partial charge in [0.15, 0.2) is 0 Å². The summed E-state index contributed by atoms with van der Waals surface area (Å²) in [4.78, 5) is 11.4. The predicted molar refractivity (Wildman–Crippen MR) is 109 cm³/mol. The molecule has 0 spiro atoms. The Morgan fingerprint density at radius 3 is 2.17 bits per heavy atom. The number of carbonyl (C=O) groups excluding carboxylic acids is 1. The normalized spacial score (nSPS) is 13.3. The number of thiol groups is 1. The van der Waals surface area contributed by atoms with E-state index in [-0.39, 0.29) is 11.2 Å². The number of unbranched alkanes of at least 4 members (excludes halogenated alkanes) is 5. The SMILES string of the molecule is CC/C=C/C/C=C/C/C=C/CCCCCCCC(=O)OCC(C)S. The molecule has 0 heterocycles. The Balaban J connectivity index is 3.31. The first-order valence-electron chi connectivity index (χ1n) is 9.45. The van der Waals surface area contributed by atoms with E-state index in [1.54, 1.807) is 0 Å². The molecule has 0 rings (SSSR count). The van der Waals surface area contributed by atoms with Crippen LogP contribution in [0.1, 0.15) is 78.1 Å². The van der Waals surface area contributed by atoms with Gasteiger partial charge in [0.05, 0.1) is 0 Å². The maximum atomic E-state index is 11.4. The third-order valence-electron chi connectivity index (χ3n) is 3.52. The van der Waals surface area contributed by atoms with E-state index in [0.717, 1.165) is 38.5 Å². The lowest BCUT2D eigenvalue weighted by atomic mass is 10.1. The molecule has 0 aliphatic heterocycles. The second-order valence-corrected chi connectivity index (χ2v) is 7.01. The highest BCUT2D eigenvalue weighted by atomic mass is 32.1. The van der Waals surface area contributed by atoms with Gasteiger partial charge in [-0.15, -0.1) is 0 Å². The van der Waals surface area contributed by atoms with Crippen molar-refractivity contribution in [1.82, 2.24) is 0 Å². The lowest BCUT2D eigenvalue weighted by Gasteiger charge is -2.06. The highest BCUT2D eigenvalue weighted by Gasteiger charge is 2.03. The lowest BCUT2D eigenvalue weighted by molar-refractivity contribution is -0.143. The van der Waals surface area contributed by atoms with Gasteiger partial charge in [0.1, 0.15) is 6.61 Å². The molecule has 0 fully saturated rings. The van der Waals surface area contributed by atoms with Crippen molar-refractivity contribution in [3.63, 3.8) is 0 Å². The molecule has 0 aliphatic rings. The Hall–Kier alpha value is -0.960. The zero-order valence-corrected chi connectivity index (χ0v) is 16.5. The molecule has 0 aliphatic carbocycles. The highest BCUT2D eigenvalue weighted by molar-refractivity contribution is 7.80. The largest absolute Gasteiger partial charge is 0.465 e. The third-order valence-corrected chi connectivity index (χ3v) is 3.67. The lowest BCUT2D eigenvalue weighted by Crippen LogP contribution is -2.11.